The fourth-order valence-electron chi connectivity index (χ4n) is 3.52. The number of carbonyl (C=O) groups is 2. The number of H-pyrrole nitrogens is 1. The second-order valence-corrected chi connectivity index (χ2v) is 7.08. The maximum atomic E-state index is 12.9. The number of hydrogen-bond donors (Lipinski definition) is 3. The number of nitrogens with one attached hydrogen (secondary N) is 3. The van der Waals surface area contributed by atoms with Crippen LogP contribution in [0.3, 0.4) is 0 Å². The number of rotatable bonds is 7. The Morgan fingerprint density at radius 2 is 2.00 bits per heavy atom. The van der Waals surface area contributed by atoms with E-state index in [1.807, 2.05) is 44.3 Å². The minimum Gasteiger partial charge on any atom is -0.496 e. The monoisotopic (exact) mass is 394 g/mol. The molecule has 0 aliphatic rings. The lowest BCUT2D eigenvalue weighted by atomic mass is 10.0. The molecule has 3 N–H and O–H groups in total. The van der Waals surface area contributed by atoms with E-state index >= 15 is 0 Å². The lowest BCUT2D eigenvalue weighted by molar-refractivity contribution is -0.128. The number of fused-ring (bicyclic) bond motifs is 1. The molecule has 7 heteroatoms. The summed E-state index contributed by atoms with van der Waals surface area (Å²) < 4.78 is 5.42. The average Bonchev–Trinajstić information content (AvgIpc) is 3.10. The lowest BCUT2D eigenvalue weighted by Gasteiger charge is -2.18. The highest BCUT2D eigenvalue weighted by Gasteiger charge is 2.22. The predicted octanol–water partition coefficient (Wildman–Crippen LogP) is 2.55. The number of carbonyl (C=O) groups excluding carboxylic acids is 2. The summed E-state index contributed by atoms with van der Waals surface area (Å²) >= 11 is 0. The van der Waals surface area contributed by atoms with Crippen molar-refractivity contribution in [2.24, 2.45) is 0 Å². The molecule has 0 aliphatic heterocycles. The largest absolute Gasteiger partial charge is 0.496 e. The van der Waals surface area contributed by atoms with Crippen LogP contribution in [0.5, 0.6) is 5.75 Å². The van der Waals surface area contributed by atoms with Crippen LogP contribution < -0.4 is 15.4 Å². The van der Waals surface area contributed by atoms with Gasteiger partial charge in [-0.1, -0.05) is 18.2 Å². The summed E-state index contributed by atoms with van der Waals surface area (Å²) in [5.41, 5.74) is 4.53. The third kappa shape index (κ3) is 4.56. The van der Waals surface area contributed by atoms with E-state index in [2.05, 4.69) is 20.6 Å². The molecule has 29 heavy (non-hydrogen) atoms. The number of aromatic nitrogens is 2. The van der Waals surface area contributed by atoms with E-state index in [4.69, 9.17) is 4.74 Å². The lowest BCUT2D eigenvalue weighted by Crippen LogP contribution is -2.47. The Balaban J connectivity index is 1.75. The van der Waals surface area contributed by atoms with Crippen molar-refractivity contribution in [2.75, 3.05) is 7.11 Å². The van der Waals surface area contributed by atoms with Gasteiger partial charge >= 0.3 is 0 Å². The first-order valence-corrected chi connectivity index (χ1v) is 9.49. The molecule has 0 spiro atoms. The molecule has 1 atom stereocenters. The van der Waals surface area contributed by atoms with Gasteiger partial charge in [0.15, 0.2) is 0 Å². The summed E-state index contributed by atoms with van der Waals surface area (Å²) in [5.74, 6) is 0.254. The molecule has 0 aliphatic carbocycles. The standard InChI is InChI=1S/C22H26N4O3/c1-13-10-23-20(14(2)21(13)29-4)12-25-22(28)19(26-15(3)27)9-16-11-24-18-8-6-5-7-17(16)18/h5-8,10-11,19,24H,9,12H2,1-4H3,(H,25,28)(H,26,27). The highest BCUT2D eigenvalue weighted by molar-refractivity contribution is 5.89. The molecule has 0 saturated carbocycles. The second-order valence-electron chi connectivity index (χ2n) is 7.08. The number of benzene rings is 1. The van der Waals surface area contributed by atoms with Crippen LogP contribution in [0.4, 0.5) is 0 Å². The van der Waals surface area contributed by atoms with Gasteiger partial charge in [-0.05, 0) is 25.5 Å². The number of aryl methyl sites for hydroxylation is 1. The van der Waals surface area contributed by atoms with Crippen molar-refractivity contribution >= 4 is 22.7 Å². The summed E-state index contributed by atoms with van der Waals surface area (Å²) in [6.45, 7) is 5.50. The van der Waals surface area contributed by atoms with Gasteiger partial charge < -0.3 is 20.4 Å². The van der Waals surface area contributed by atoms with Gasteiger partial charge in [0.2, 0.25) is 11.8 Å². The van der Waals surface area contributed by atoms with E-state index < -0.39 is 6.04 Å². The summed E-state index contributed by atoms with van der Waals surface area (Å²) in [6.07, 6.45) is 3.99. The van der Waals surface area contributed by atoms with Gasteiger partial charge in [0, 0.05) is 47.8 Å². The minimum atomic E-state index is -0.681. The van der Waals surface area contributed by atoms with Crippen molar-refractivity contribution in [1.29, 1.82) is 0 Å². The van der Waals surface area contributed by atoms with E-state index in [-0.39, 0.29) is 18.4 Å². The highest BCUT2D eigenvalue weighted by atomic mass is 16.5. The molecule has 2 heterocycles. The van der Waals surface area contributed by atoms with Crippen LogP contribution in [0.25, 0.3) is 10.9 Å². The number of amides is 2. The first-order chi connectivity index (χ1) is 13.9. The van der Waals surface area contributed by atoms with Crippen LogP contribution in [0.15, 0.2) is 36.7 Å². The molecule has 0 radical (unpaired) electrons. The number of para-hydroxylation sites is 1. The Bertz CT molecular complexity index is 1040. The molecular weight excluding hydrogens is 368 g/mol. The molecule has 152 valence electrons. The number of aromatic amines is 1. The topological polar surface area (TPSA) is 96.1 Å². The van der Waals surface area contributed by atoms with Gasteiger partial charge in [-0.2, -0.15) is 0 Å². The van der Waals surface area contributed by atoms with Gasteiger partial charge in [0.1, 0.15) is 11.8 Å². The average molecular weight is 394 g/mol. The molecule has 3 rings (SSSR count). The molecular formula is C22H26N4O3. The summed E-state index contributed by atoms with van der Waals surface area (Å²) in [4.78, 5) is 32.1. The molecule has 2 amide bonds. The maximum absolute atomic E-state index is 12.9. The quantitative estimate of drug-likeness (QED) is 0.574. The van der Waals surface area contributed by atoms with Crippen LogP contribution in [0, 0.1) is 13.8 Å². The molecule has 0 saturated heterocycles. The third-order valence-corrected chi connectivity index (χ3v) is 4.97. The number of methoxy groups -OCH3 is 1. The van der Waals surface area contributed by atoms with Crippen molar-refractivity contribution < 1.29 is 14.3 Å². The van der Waals surface area contributed by atoms with E-state index in [0.717, 1.165) is 39.0 Å². The van der Waals surface area contributed by atoms with Crippen LogP contribution >= 0.6 is 0 Å². The molecule has 0 fully saturated rings. The van der Waals surface area contributed by atoms with Gasteiger partial charge in [-0.25, -0.2) is 0 Å². The summed E-state index contributed by atoms with van der Waals surface area (Å²) in [6, 6.07) is 7.19. The summed E-state index contributed by atoms with van der Waals surface area (Å²) in [7, 11) is 1.62. The summed E-state index contributed by atoms with van der Waals surface area (Å²) in [5, 5.41) is 6.69. The van der Waals surface area contributed by atoms with E-state index in [0.29, 0.717) is 6.42 Å². The Hall–Kier alpha value is -3.35. The molecule has 3 aromatic rings. The van der Waals surface area contributed by atoms with E-state index in [1.165, 1.54) is 6.92 Å². The van der Waals surface area contributed by atoms with Crippen LogP contribution in [-0.4, -0.2) is 34.9 Å². The highest BCUT2D eigenvalue weighted by Crippen LogP contribution is 2.24. The van der Waals surface area contributed by atoms with E-state index in [9.17, 15) is 9.59 Å². The predicted molar refractivity (Wildman–Crippen MR) is 112 cm³/mol. The smallest absolute Gasteiger partial charge is 0.243 e. The van der Waals surface area contributed by atoms with Crippen LogP contribution in [0.1, 0.15) is 29.3 Å². The van der Waals surface area contributed by atoms with Crippen molar-refractivity contribution in [2.45, 2.75) is 39.8 Å². The molecule has 0 bridgehead atoms. The SMILES string of the molecule is COc1c(C)cnc(CNC(=O)C(Cc2c[nH]c3ccccc23)NC(C)=O)c1C. The Kier molecular flexibility index (Phi) is 6.16. The zero-order valence-corrected chi connectivity index (χ0v) is 17.1. The van der Waals surface area contributed by atoms with Crippen molar-refractivity contribution in [3.05, 3.63) is 59.0 Å². The van der Waals surface area contributed by atoms with Crippen LogP contribution in [-0.2, 0) is 22.6 Å². The number of nitrogens with zero attached hydrogens (tertiary/aromatic N) is 1. The minimum absolute atomic E-state index is 0.253. The first-order valence-electron chi connectivity index (χ1n) is 9.49. The van der Waals surface area contributed by atoms with Crippen molar-refractivity contribution in [1.82, 2.24) is 20.6 Å². The van der Waals surface area contributed by atoms with Crippen molar-refractivity contribution in [3.63, 3.8) is 0 Å². The Morgan fingerprint density at radius 1 is 1.24 bits per heavy atom. The van der Waals surface area contributed by atoms with Crippen molar-refractivity contribution in [3.8, 4) is 5.75 Å². The van der Waals surface area contributed by atoms with Crippen LogP contribution in [0.2, 0.25) is 0 Å². The zero-order valence-electron chi connectivity index (χ0n) is 17.1. The van der Waals surface area contributed by atoms with Gasteiger partial charge in [-0.15, -0.1) is 0 Å². The van der Waals surface area contributed by atoms with Gasteiger partial charge in [0.05, 0.1) is 19.3 Å². The maximum Gasteiger partial charge on any atom is 0.243 e. The number of ether oxygens (including phenoxy) is 1. The Labute approximate surface area is 169 Å². The fourth-order valence-corrected chi connectivity index (χ4v) is 3.52. The zero-order chi connectivity index (χ0) is 21.0. The number of hydrogen-bond acceptors (Lipinski definition) is 4. The first kappa shape index (κ1) is 20.4. The van der Waals surface area contributed by atoms with Gasteiger partial charge in [-0.3, -0.25) is 14.6 Å². The Morgan fingerprint density at radius 3 is 2.72 bits per heavy atom. The molecule has 2 aromatic heterocycles. The normalized spacial score (nSPS) is 11.9. The molecule has 7 nitrogen and oxygen atoms in total. The van der Waals surface area contributed by atoms with E-state index in [1.54, 1.807) is 13.3 Å². The molecule has 1 aromatic carbocycles. The number of pyridine rings is 1. The third-order valence-electron chi connectivity index (χ3n) is 4.97. The fraction of sp³-hybridized carbons (Fsp3) is 0.318. The van der Waals surface area contributed by atoms with Gasteiger partial charge in [0.25, 0.3) is 0 Å². The molecule has 1 unspecified atom stereocenters. The second kappa shape index (κ2) is 8.77.